The number of esters is 1. The van der Waals surface area contributed by atoms with Crippen LogP contribution >= 0.6 is 11.8 Å². The number of halogens is 2. The van der Waals surface area contributed by atoms with Crippen LogP contribution in [0.4, 0.5) is 8.78 Å². The number of rotatable bonds is 8. The predicted octanol–water partition coefficient (Wildman–Crippen LogP) is 8.09. The number of benzene rings is 1. The molecule has 0 N–H and O–H groups in total. The minimum absolute atomic E-state index is 0.205. The molecular weight excluding hydrogens is 414 g/mol. The summed E-state index contributed by atoms with van der Waals surface area (Å²) in [7, 11) is 0. The summed E-state index contributed by atoms with van der Waals surface area (Å²) in [6.45, 7) is 3.92. The van der Waals surface area contributed by atoms with E-state index < -0.39 is 17.6 Å². The fourth-order valence-corrected chi connectivity index (χ4v) is 6.19. The van der Waals surface area contributed by atoms with Crippen LogP contribution in [-0.2, 0) is 4.79 Å². The molecule has 0 aliphatic heterocycles. The van der Waals surface area contributed by atoms with Gasteiger partial charge in [0, 0.05) is 4.90 Å². The monoisotopic (exact) mass is 452 g/mol. The standard InChI is InChI=1S/C26H38F2O2S/c1-4-5-6-7-18-8-10-19(11-9-18)20-12-14-21(15-13-20)26(29)30-25-17(2)16-22(31-3)23(27)24(25)28/h16,18-21H,4-15H2,1-3H3. The van der Waals surface area contributed by atoms with Crippen molar-refractivity contribution in [3.8, 4) is 5.75 Å². The first kappa shape index (κ1) is 24.5. The third kappa shape index (κ3) is 6.24. The normalized spacial score (nSPS) is 26.6. The highest BCUT2D eigenvalue weighted by molar-refractivity contribution is 7.98. The lowest BCUT2D eigenvalue weighted by molar-refractivity contribution is -0.140. The van der Waals surface area contributed by atoms with Gasteiger partial charge < -0.3 is 4.74 Å². The number of carbonyl (C=O) groups excluding carboxylic acids is 1. The van der Waals surface area contributed by atoms with Crippen molar-refractivity contribution in [3.05, 3.63) is 23.3 Å². The Labute approximate surface area is 190 Å². The third-order valence-electron chi connectivity index (χ3n) is 7.62. The molecule has 0 aromatic heterocycles. The molecule has 2 saturated carbocycles. The Morgan fingerprint density at radius 2 is 1.61 bits per heavy atom. The van der Waals surface area contributed by atoms with Gasteiger partial charge in [0.1, 0.15) is 0 Å². The molecule has 0 atom stereocenters. The second-order valence-corrected chi connectivity index (χ2v) is 10.5. The molecule has 2 aliphatic rings. The zero-order chi connectivity index (χ0) is 22.4. The van der Waals surface area contributed by atoms with Gasteiger partial charge in [-0.25, -0.2) is 4.39 Å². The maximum Gasteiger partial charge on any atom is 0.314 e. The molecule has 3 rings (SSSR count). The van der Waals surface area contributed by atoms with E-state index in [0.717, 1.165) is 49.3 Å². The topological polar surface area (TPSA) is 26.3 Å². The average molecular weight is 453 g/mol. The van der Waals surface area contributed by atoms with Crippen molar-refractivity contribution in [3.63, 3.8) is 0 Å². The summed E-state index contributed by atoms with van der Waals surface area (Å²) < 4.78 is 33.9. The average Bonchev–Trinajstić information content (AvgIpc) is 2.79. The van der Waals surface area contributed by atoms with E-state index in [9.17, 15) is 13.6 Å². The summed E-state index contributed by atoms with van der Waals surface area (Å²) in [6, 6.07) is 1.54. The van der Waals surface area contributed by atoms with Crippen LogP contribution in [0.3, 0.4) is 0 Å². The molecule has 5 heteroatoms. The van der Waals surface area contributed by atoms with Gasteiger partial charge in [0.25, 0.3) is 0 Å². The zero-order valence-electron chi connectivity index (χ0n) is 19.4. The highest BCUT2D eigenvalue weighted by atomic mass is 32.2. The second-order valence-electron chi connectivity index (χ2n) is 9.66. The molecule has 174 valence electrons. The Morgan fingerprint density at radius 3 is 2.19 bits per heavy atom. The maximum absolute atomic E-state index is 14.4. The van der Waals surface area contributed by atoms with E-state index in [0.29, 0.717) is 11.5 Å². The smallest absolute Gasteiger partial charge is 0.314 e. The Bertz CT molecular complexity index is 735. The number of unbranched alkanes of at least 4 members (excludes halogenated alkanes) is 2. The Kier molecular flexibility index (Phi) is 9.24. The number of hydrogen-bond acceptors (Lipinski definition) is 3. The highest BCUT2D eigenvalue weighted by Gasteiger charge is 2.34. The van der Waals surface area contributed by atoms with Crippen LogP contribution < -0.4 is 4.74 Å². The van der Waals surface area contributed by atoms with E-state index in [-0.39, 0.29) is 16.6 Å². The molecule has 1 aromatic rings. The minimum Gasteiger partial charge on any atom is -0.423 e. The number of thioether (sulfide) groups is 1. The first-order chi connectivity index (χ1) is 14.9. The first-order valence-corrected chi connectivity index (χ1v) is 13.4. The van der Waals surface area contributed by atoms with Crippen LogP contribution in [0.5, 0.6) is 5.75 Å². The quantitative estimate of drug-likeness (QED) is 0.172. The Hall–Kier alpha value is -1.10. The van der Waals surface area contributed by atoms with Gasteiger partial charge in [0.15, 0.2) is 11.6 Å². The van der Waals surface area contributed by atoms with Gasteiger partial charge in [0.2, 0.25) is 5.82 Å². The van der Waals surface area contributed by atoms with Gasteiger partial charge >= 0.3 is 5.97 Å². The molecule has 0 spiro atoms. The van der Waals surface area contributed by atoms with E-state index in [2.05, 4.69) is 6.92 Å². The largest absolute Gasteiger partial charge is 0.423 e. The lowest BCUT2D eigenvalue weighted by Crippen LogP contribution is -2.30. The van der Waals surface area contributed by atoms with E-state index in [1.807, 2.05) is 0 Å². The van der Waals surface area contributed by atoms with Crippen LogP contribution in [-0.4, -0.2) is 12.2 Å². The van der Waals surface area contributed by atoms with Crippen molar-refractivity contribution in [1.29, 1.82) is 0 Å². The molecule has 31 heavy (non-hydrogen) atoms. The molecule has 0 radical (unpaired) electrons. The molecular formula is C26H38F2O2S. The van der Waals surface area contributed by atoms with Crippen LogP contribution in [0.15, 0.2) is 11.0 Å². The molecule has 0 bridgehead atoms. The van der Waals surface area contributed by atoms with Crippen molar-refractivity contribution in [2.24, 2.45) is 23.7 Å². The van der Waals surface area contributed by atoms with Crippen molar-refractivity contribution in [1.82, 2.24) is 0 Å². The molecule has 2 aliphatic carbocycles. The SMILES string of the molecule is CCCCCC1CCC(C2CCC(C(=O)Oc3c(C)cc(SC)c(F)c3F)CC2)CC1. The van der Waals surface area contributed by atoms with Crippen LogP contribution in [0.25, 0.3) is 0 Å². The van der Waals surface area contributed by atoms with Gasteiger partial charge in [-0.3, -0.25) is 4.79 Å². The number of aryl methyl sites for hydroxylation is 1. The summed E-state index contributed by atoms with van der Waals surface area (Å²) in [5, 5.41) is 0. The number of hydrogen-bond donors (Lipinski definition) is 0. The number of ether oxygens (including phenoxy) is 1. The predicted molar refractivity (Wildman–Crippen MR) is 124 cm³/mol. The fourth-order valence-electron chi connectivity index (χ4n) is 5.62. The summed E-state index contributed by atoms with van der Waals surface area (Å²) in [6.07, 6.45) is 16.2. The molecule has 0 unspecified atom stereocenters. The molecule has 2 fully saturated rings. The first-order valence-electron chi connectivity index (χ1n) is 12.2. The second kappa shape index (κ2) is 11.7. The van der Waals surface area contributed by atoms with E-state index >= 15 is 0 Å². The van der Waals surface area contributed by atoms with Crippen LogP contribution in [0.1, 0.15) is 89.5 Å². The molecule has 0 heterocycles. The Morgan fingerprint density at radius 1 is 1.00 bits per heavy atom. The minimum atomic E-state index is -1.05. The lowest BCUT2D eigenvalue weighted by atomic mass is 9.68. The van der Waals surface area contributed by atoms with Crippen molar-refractivity contribution in [2.75, 3.05) is 6.26 Å². The van der Waals surface area contributed by atoms with Crippen LogP contribution in [0.2, 0.25) is 0 Å². The van der Waals surface area contributed by atoms with Crippen LogP contribution in [0, 0.1) is 42.2 Å². The maximum atomic E-state index is 14.4. The van der Waals surface area contributed by atoms with E-state index in [4.69, 9.17) is 4.74 Å². The van der Waals surface area contributed by atoms with Gasteiger partial charge in [-0.1, -0.05) is 45.4 Å². The van der Waals surface area contributed by atoms with Crippen molar-refractivity contribution < 1.29 is 18.3 Å². The molecule has 0 amide bonds. The van der Waals surface area contributed by atoms with E-state index in [1.165, 1.54) is 51.4 Å². The highest BCUT2D eigenvalue weighted by Crippen LogP contribution is 2.43. The van der Waals surface area contributed by atoms with Crippen molar-refractivity contribution in [2.45, 2.75) is 95.8 Å². The summed E-state index contributed by atoms with van der Waals surface area (Å²) >= 11 is 1.14. The third-order valence-corrected chi connectivity index (χ3v) is 8.35. The van der Waals surface area contributed by atoms with Gasteiger partial charge in [0.05, 0.1) is 5.92 Å². The summed E-state index contributed by atoms with van der Waals surface area (Å²) in [5.74, 6) is -0.421. The van der Waals surface area contributed by atoms with Gasteiger partial charge in [-0.05, 0) is 81.1 Å². The molecule has 0 saturated heterocycles. The summed E-state index contributed by atoms with van der Waals surface area (Å²) in [4.78, 5) is 12.9. The fraction of sp³-hybridized carbons (Fsp3) is 0.731. The molecule has 2 nitrogen and oxygen atoms in total. The van der Waals surface area contributed by atoms with Gasteiger partial charge in [-0.2, -0.15) is 4.39 Å². The summed E-state index contributed by atoms with van der Waals surface area (Å²) in [5.41, 5.74) is 0.459. The Balaban J connectivity index is 1.47. The number of carbonyl (C=O) groups is 1. The zero-order valence-corrected chi connectivity index (χ0v) is 20.2. The lowest BCUT2D eigenvalue weighted by Gasteiger charge is -2.37. The molecule has 1 aromatic carbocycles. The van der Waals surface area contributed by atoms with Crippen molar-refractivity contribution >= 4 is 17.7 Å². The van der Waals surface area contributed by atoms with E-state index in [1.54, 1.807) is 19.2 Å². The van der Waals surface area contributed by atoms with Gasteiger partial charge in [-0.15, -0.1) is 11.8 Å².